The van der Waals surface area contributed by atoms with E-state index in [0.717, 1.165) is 57.5 Å². The first-order chi connectivity index (χ1) is 11.5. The van der Waals surface area contributed by atoms with Crippen LogP contribution in [0, 0.1) is 13.8 Å². The molecule has 3 heterocycles. The lowest BCUT2D eigenvalue weighted by molar-refractivity contribution is -0.129. The second kappa shape index (κ2) is 7.43. The third-order valence-electron chi connectivity index (χ3n) is 3.75. The topological polar surface area (TPSA) is 83.9 Å². The van der Waals surface area contributed by atoms with E-state index in [1.807, 2.05) is 18.7 Å². The maximum absolute atomic E-state index is 11.6. The molecule has 1 N–H and O–H groups in total. The smallest absolute Gasteiger partial charge is 0.219 e. The monoisotopic (exact) mass is 364 g/mol. The SMILES string of the molecule is CC(=O)N1CCc2c(nc(C)nc2NCCSc2nnc(C)s2)C1. The van der Waals surface area contributed by atoms with Crippen LogP contribution in [-0.4, -0.2) is 49.8 Å². The summed E-state index contributed by atoms with van der Waals surface area (Å²) < 4.78 is 0.993. The van der Waals surface area contributed by atoms with Crippen molar-refractivity contribution in [2.45, 2.75) is 38.1 Å². The summed E-state index contributed by atoms with van der Waals surface area (Å²) in [5, 5.41) is 12.5. The van der Waals surface area contributed by atoms with Crippen LogP contribution in [0.3, 0.4) is 0 Å². The van der Waals surface area contributed by atoms with Gasteiger partial charge in [0.05, 0.1) is 12.2 Å². The molecule has 7 nitrogen and oxygen atoms in total. The summed E-state index contributed by atoms with van der Waals surface area (Å²) in [7, 11) is 0. The number of hydrogen-bond acceptors (Lipinski definition) is 8. The third kappa shape index (κ3) is 4.02. The normalized spacial score (nSPS) is 13.7. The van der Waals surface area contributed by atoms with E-state index < -0.39 is 0 Å². The highest BCUT2D eigenvalue weighted by Crippen LogP contribution is 2.25. The van der Waals surface area contributed by atoms with Gasteiger partial charge >= 0.3 is 0 Å². The maximum Gasteiger partial charge on any atom is 0.219 e. The number of anilines is 1. The van der Waals surface area contributed by atoms with Crippen molar-refractivity contribution in [3.63, 3.8) is 0 Å². The van der Waals surface area contributed by atoms with Crippen molar-refractivity contribution < 1.29 is 4.79 Å². The van der Waals surface area contributed by atoms with Gasteiger partial charge in [-0.05, 0) is 20.3 Å². The molecule has 0 saturated heterocycles. The fourth-order valence-electron chi connectivity index (χ4n) is 2.61. The van der Waals surface area contributed by atoms with Gasteiger partial charge in [0, 0.05) is 31.3 Å². The van der Waals surface area contributed by atoms with Crippen molar-refractivity contribution in [2.24, 2.45) is 0 Å². The van der Waals surface area contributed by atoms with Gasteiger partial charge in [0.25, 0.3) is 0 Å². The summed E-state index contributed by atoms with van der Waals surface area (Å²) in [6, 6.07) is 0. The number of carbonyl (C=O) groups excluding carboxylic acids is 1. The van der Waals surface area contributed by atoms with Gasteiger partial charge in [0.15, 0.2) is 4.34 Å². The highest BCUT2D eigenvalue weighted by Gasteiger charge is 2.22. The molecular formula is C15H20N6OS2. The van der Waals surface area contributed by atoms with Gasteiger partial charge in [-0.1, -0.05) is 23.1 Å². The van der Waals surface area contributed by atoms with Gasteiger partial charge < -0.3 is 10.2 Å². The molecular weight excluding hydrogens is 344 g/mol. The van der Waals surface area contributed by atoms with E-state index in [1.165, 1.54) is 0 Å². The first kappa shape index (κ1) is 17.1. The number of aromatic nitrogens is 4. The molecule has 0 unspecified atom stereocenters. The molecule has 1 amide bonds. The van der Waals surface area contributed by atoms with Crippen LogP contribution in [-0.2, 0) is 17.8 Å². The molecule has 1 aliphatic rings. The van der Waals surface area contributed by atoms with E-state index in [1.54, 1.807) is 30.0 Å². The maximum atomic E-state index is 11.6. The molecule has 0 aliphatic carbocycles. The molecule has 0 fully saturated rings. The highest BCUT2D eigenvalue weighted by atomic mass is 32.2. The molecule has 0 radical (unpaired) electrons. The first-order valence-electron chi connectivity index (χ1n) is 7.81. The Balaban J connectivity index is 1.62. The van der Waals surface area contributed by atoms with Crippen molar-refractivity contribution in [3.8, 4) is 0 Å². The minimum atomic E-state index is 0.0928. The van der Waals surface area contributed by atoms with Crippen LogP contribution in [0.15, 0.2) is 4.34 Å². The van der Waals surface area contributed by atoms with E-state index in [2.05, 4.69) is 25.5 Å². The Morgan fingerprint density at radius 2 is 2.17 bits per heavy atom. The molecule has 0 saturated carbocycles. The lowest BCUT2D eigenvalue weighted by Crippen LogP contribution is -2.35. The number of fused-ring (bicyclic) bond motifs is 1. The summed E-state index contributed by atoms with van der Waals surface area (Å²) in [5.74, 6) is 2.62. The van der Waals surface area contributed by atoms with Crippen molar-refractivity contribution >= 4 is 34.8 Å². The number of aryl methyl sites for hydroxylation is 2. The molecule has 0 bridgehead atoms. The lowest BCUT2D eigenvalue weighted by atomic mass is 10.1. The van der Waals surface area contributed by atoms with Gasteiger partial charge in [0.2, 0.25) is 5.91 Å². The molecule has 9 heteroatoms. The van der Waals surface area contributed by atoms with Gasteiger partial charge in [0.1, 0.15) is 16.6 Å². The number of rotatable bonds is 5. The second-order valence-corrected chi connectivity index (χ2v) is 8.12. The molecule has 0 spiro atoms. The Hall–Kier alpha value is -1.74. The summed E-state index contributed by atoms with van der Waals surface area (Å²) in [6.45, 7) is 7.54. The predicted molar refractivity (Wildman–Crippen MR) is 95.4 cm³/mol. The fourth-order valence-corrected chi connectivity index (χ4v) is 4.35. The van der Waals surface area contributed by atoms with Gasteiger partial charge in [-0.3, -0.25) is 4.79 Å². The van der Waals surface area contributed by atoms with Crippen molar-refractivity contribution in [2.75, 3.05) is 24.2 Å². The fraction of sp³-hybridized carbons (Fsp3) is 0.533. The van der Waals surface area contributed by atoms with Crippen molar-refractivity contribution in [3.05, 3.63) is 22.1 Å². The van der Waals surface area contributed by atoms with E-state index in [0.29, 0.717) is 6.54 Å². The Labute approximate surface area is 149 Å². The summed E-state index contributed by atoms with van der Waals surface area (Å²) in [6.07, 6.45) is 0.792. The summed E-state index contributed by atoms with van der Waals surface area (Å²) in [5.41, 5.74) is 2.09. The van der Waals surface area contributed by atoms with Crippen LogP contribution in [0.5, 0.6) is 0 Å². The zero-order chi connectivity index (χ0) is 17.1. The van der Waals surface area contributed by atoms with Crippen molar-refractivity contribution in [1.29, 1.82) is 0 Å². The van der Waals surface area contributed by atoms with Crippen LogP contribution >= 0.6 is 23.1 Å². The Morgan fingerprint density at radius 3 is 2.88 bits per heavy atom. The van der Waals surface area contributed by atoms with Gasteiger partial charge in [-0.15, -0.1) is 10.2 Å². The zero-order valence-electron chi connectivity index (χ0n) is 14.0. The van der Waals surface area contributed by atoms with Gasteiger partial charge in [-0.25, -0.2) is 9.97 Å². The van der Waals surface area contributed by atoms with E-state index in [-0.39, 0.29) is 5.91 Å². The number of hydrogen-bond donors (Lipinski definition) is 1. The van der Waals surface area contributed by atoms with E-state index in [9.17, 15) is 4.79 Å². The quantitative estimate of drug-likeness (QED) is 0.642. The average Bonchev–Trinajstić information content (AvgIpc) is 2.96. The minimum Gasteiger partial charge on any atom is -0.369 e. The van der Waals surface area contributed by atoms with Crippen molar-refractivity contribution in [1.82, 2.24) is 25.1 Å². The Bertz CT molecular complexity index is 748. The standard InChI is InChI=1S/C15H20N6OS2/c1-9-17-13-8-21(11(3)22)6-4-12(13)14(18-9)16-5-7-23-15-20-19-10(2)24-15/h4-8H2,1-3H3,(H,16,17,18). The number of nitrogens with one attached hydrogen (secondary N) is 1. The Kier molecular flexibility index (Phi) is 5.30. The molecule has 3 rings (SSSR count). The number of carbonyl (C=O) groups is 1. The van der Waals surface area contributed by atoms with E-state index in [4.69, 9.17) is 0 Å². The predicted octanol–water partition coefficient (Wildman–Crippen LogP) is 2.05. The highest BCUT2D eigenvalue weighted by molar-refractivity contribution is 8.01. The number of amides is 1. The molecule has 0 aromatic carbocycles. The molecule has 128 valence electrons. The molecule has 2 aromatic heterocycles. The third-order valence-corrected chi connectivity index (χ3v) is 5.72. The summed E-state index contributed by atoms with van der Waals surface area (Å²) >= 11 is 3.30. The van der Waals surface area contributed by atoms with Crippen LogP contribution in [0.25, 0.3) is 0 Å². The molecule has 0 atom stereocenters. The van der Waals surface area contributed by atoms with Crippen LogP contribution in [0.4, 0.5) is 5.82 Å². The molecule has 2 aromatic rings. The summed E-state index contributed by atoms with van der Waals surface area (Å²) in [4.78, 5) is 22.5. The number of thioether (sulfide) groups is 1. The van der Waals surface area contributed by atoms with Gasteiger partial charge in [-0.2, -0.15) is 0 Å². The van der Waals surface area contributed by atoms with Crippen LogP contribution < -0.4 is 5.32 Å². The van der Waals surface area contributed by atoms with Crippen LogP contribution in [0.2, 0.25) is 0 Å². The van der Waals surface area contributed by atoms with Crippen LogP contribution in [0.1, 0.15) is 29.0 Å². The first-order valence-corrected chi connectivity index (χ1v) is 9.62. The number of nitrogens with zero attached hydrogens (tertiary/aromatic N) is 5. The minimum absolute atomic E-state index is 0.0928. The largest absolute Gasteiger partial charge is 0.369 e. The average molecular weight is 365 g/mol. The van der Waals surface area contributed by atoms with E-state index >= 15 is 0 Å². The molecule has 24 heavy (non-hydrogen) atoms. The molecule has 1 aliphatic heterocycles. The lowest BCUT2D eigenvalue weighted by Gasteiger charge is -2.28. The Morgan fingerprint density at radius 1 is 1.33 bits per heavy atom. The second-order valence-electron chi connectivity index (χ2n) is 5.60. The zero-order valence-corrected chi connectivity index (χ0v) is 15.6.